The molecule has 0 radical (unpaired) electrons. The predicted octanol–water partition coefficient (Wildman–Crippen LogP) is 5.09. The Morgan fingerprint density at radius 3 is 2.11 bits per heavy atom. The molecule has 0 bridgehead atoms. The van der Waals surface area contributed by atoms with Crippen LogP contribution in [0, 0.1) is 0 Å². The molecule has 0 saturated carbocycles. The first-order valence-corrected chi connectivity index (χ1v) is 8.16. The minimum absolute atomic E-state index is 1.03. The molecule has 1 N–H and O–H groups in total. The molecule has 0 atom stereocenters. The van der Waals surface area contributed by atoms with Crippen LogP contribution in [0.5, 0.6) is 0 Å². The molecule has 0 aliphatic carbocycles. The quantitative estimate of drug-likeness (QED) is 0.547. The van der Waals surface area contributed by atoms with Gasteiger partial charge in [0.1, 0.15) is 0 Å². The summed E-state index contributed by atoms with van der Waals surface area (Å²) in [7, 11) is 0. The second-order valence-corrected chi connectivity index (χ2v) is 5.42. The number of aryl methyl sites for hydroxylation is 1. The summed E-state index contributed by atoms with van der Waals surface area (Å²) in [6.07, 6.45) is 10.8. The van der Waals surface area contributed by atoms with Crippen molar-refractivity contribution in [2.24, 2.45) is 0 Å². The molecular weight excluding hydrogens is 230 g/mol. The van der Waals surface area contributed by atoms with Crippen molar-refractivity contribution in [2.75, 3.05) is 6.54 Å². The van der Waals surface area contributed by atoms with Crippen molar-refractivity contribution in [3.8, 4) is 0 Å². The van der Waals surface area contributed by atoms with E-state index in [4.69, 9.17) is 0 Å². The SMILES string of the molecule is CCCCCCCCCNCc1ccccc1CC. The molecule has 108 valence electrons. The van der Waals surface area contributed by atoms with E-state index in [0.29, 0.717) is 0 Å². The second kappa shape index (κ2) is 11.0. The Balaban J connectivity index is 2.01. The van der Waals surface area contributed by atoms with Gasteiger partial charge in [-0.25, -0.2) is 0 Å². The zero-order valence-corrected chi connectivity index (χ0v) is 12.9. The van der Waals surface area contributed by atoms with E-state index in [1.807, 2.05) is 0 Å². The van der Waals surface area contributed by atoms with Crippen molar-refractivity contribution in [3.63, 3.8) is 0 Å². The van der Waals surface area contributed by atoms with Gasteiger partial charge in [-0.1, -0.05) is 76.6 Å². The first kappa shape index (κ1) is 16.2. The van der Waals surface area contributed by atoms with Gasteiger partial charge in [-0.3, -0.25) is 0 Å². The van der Waals surface area contributed by atoms with Crippen LogP contribution in [0.1, 0.15) is 69.9 Å². The van der Waals surface area contributed by atoms with Gasteiger partial charge < -0.3 is 5.32 Å². The van der Waals surface area contributed by atoms with Crippen LogP contribution in [0.3, 0.4) is 0 Å². The highest BCUT2D eigenvalue weighted by Gasteiger charge is 1.98. The Hall–Kier alpha value is -0.820. The molecule has 0 saturated heterocycles. The Kier molecular flexibility index (Phi) is 9.44. The molecule has 0 heterocycles. The summed E-state index contributed by atoms with van der Waals surface area (Å²) in [5.41, 5.74) is 2.95. The number of unbranched alkanes of at least 4 members (excludes halogenated alkanes) is 6. The van der Waals surface area contributed by atoms with Gasteiger partial charge in [-0.15, -0.1) is 0 Å². The third kappa shape index (κ3) is 7.37. The summed E-state index contributed by atoms with van der Waals surface area (Å²) >= 11 is 0. The molecule has 1 aromatic carbocycles. The molecule has 19 heavy (non-hydrogen) atoms. The van der Waals surface area contributed by atoms with E-state index in [-0.39, 0.29) is 0 Å². The van der Waals surface area contributed by atoms with Crippen molar-refractivity contribution in [3.05, 3.63) is 35.4 Å². The number of nitrogens with one attached hydrogen (secondary N) is 1. The molecular formula is C18H31N. The number of hydrogen-bond acceptors (Lipinski definition) is 1. The molecule has 1 heteroatoms. The lowest BCUT2D eigenvalue weighted by molar-refractivity contribution is 0.562. The minimum Gasteiger partial charge on any atom is -0.313 e. The van der Waals surface area contributed by atoms with Crippen molar-refractivity contribution >= 4 is 0 Å². The lowest BCUT2D eigenvalue weighted by Crippen LogP contribution is -2.15. The van der Waals surface area contributed by atoms with Gasteiger partial charge in [0.15, 0.2) is 0 Å². The van der Waals surface area contributed by atoms with E-state index >= 15 is 0 Å². The summed E-state index contributed by atoms with van der Waals surface area (Å²) in [6, 6.07) is 8.77. The highest BCUT2D eigenvalue weighted by molar-refractivity contribution is 5.26. The van der Waals surface area contributed by atoms with Crippen LogP contribution >= 0.6 is 0 Å². The second-order valence-electron chi connectivity index (χ2n) is 5.42. The summed E-state index contributed by atoms with van der Waals surface area (Å²) < 4.78 is 0. The smallest absolute Gasteiger partial charge is 0.0208 e. The van der Waals surface area contributed by atoms with Crippen LogP contribution in [0.4, 0.5) is 0 Å². The van der Waals surface area contributed by atoms with Gasteiger partial charge in [0.25, 0.3) is 0 Å². The standard InChI is InChI=1S/C18H31N/c1-3-5-6-7-8-9-12-15-19-16-18-14-11-10-13-17(18)4-2/h10-11,13-14,19H,3-9,12,15-16H2,1-2H3. The van der Waals surface area contributed by atoms with Crippen molar-refractivity contribution in [1.29, 1.82) is 0 Å². The van der Waals surface area contributed by atoms with E-state index in [1.165, 1.54) is 56.1 Å². The Labute approximate surface area is 119 Å². The third-order valence-electron chi connectivity index (χ3n) is 3.77. The predicted molar refractivity (Wildman–Crippen MR) is 85.5 cm³/mol. The average molecular weight is 261 g/mol. The van der Waals surface area contributed by atoms with Crippen LogP contribution in [0.15, 0.2) is 24.3 Å². The van der Waals surface area contributed by atoms with Gasteiger partial charge in [0.05, 0.1) is 0 Å². The Morgan fingerprint density at radius 1 is 0.789 bits per heavy atom. The van der Waals surface area contributed by atoms with Crippen LogP contribution in [0.2, 0.25) is 0 Å². The van der Waals surface area contributed by atoms with Crippen LogP contribution in [0.25, 0.3) is 0 Å². The largest absolute Gasteiger partial charge is 0.313 e. The summed E-state index contributed by atoms with van der Waals surface area (Å²) in [5.74, 6) is 0. The Morgan fingerprint density at radius 2 is 1.42 bits per heavy atom. The van der Waals surface area contributed by atoms with E-state index < -0.39 is 0 Å². The van der Waals surface area contributed by atoms with Crippen LogP contribution < -0.4 is 5.32 Å². The molecule has 1 nitrogen and oxygen atoms in total. The van der Waals surface area contributed by atoms with Gasteiger partial charge in [-0.05, 0) is 30.5 Å². The summed E-state index contributed by atoms with van der Waals surface area (Å²) in [6.45, 7) is 6.69. The maximum Gasteiger partial charge on any atom is 0.0208 e. The van der Waals surface area contributed by atoms with Crippen LogP contribution in [-0.2, 0) is 13.0 Å². The molecule has 0 aromatic heterocycles. The molecule has 1 aromatic rings. The molecule has 0 aliphatic rings. The van der Waals surface area contributed by atoms with Gasteiger partial charge in [0, 0.05) is 6.54 Å². The first-order valence-electron chi connectivity index (χ1n) is 8.16. The number of rotatable bonds is 11. The van der Waals surface area contributed by atoms with Crippen LogP contribution in [-0.4, -0.2) is 6.54 Å². The molecule has 0 amide bonds. The zero-order valence-electron chi connectivity index (χ0n) is 12.9. The van der Waals surface area contributed by atoms with Crippen molar-refractivity contribution < 1.29 is 0 Å². The zero-order chi connectivity index (χ0) is 13.8. The van der Waals surface area contributed by atoms with Gasteiger partial charge in [-0.2, -0.15) is 0 Å². The summed E-state index contributed by atoms with van der Waals surface area (Å²) in [4.78, 5) is 0. The van der Waals surface area contributed by atoms with Gasteiger partial charge in [0.2, 0.25) is 0 Å². The molecule has 1 rings (SSSR count). The normalized spacial score (nSPS) is 10.8. The first-order chi connectivity index (χ1) is 9.38. The molecule has 0 aliphatic heterocycles. The highest BCUT2D eigenvalue weighted by atomic mass is 14.8. The maximum absolute atomic E-state index is 3.58. The molecule has 0 spiro atoms. The Bertz CT molecular complexity index is 319. The fourth-order valence-corrected chi connectivity index (χ4v) is 2.51. The fraction of sp³-hybridized carbons (Fsp3) is 0.667. The maximum atomic E-state index is 3.58. The van der Waals surface area contributed by atoms with Crippen molar-refractivity contribution in [1.82, 2.24) is 5.32 Å². The van der Waals surface area contributed by atoms with E-state index in [9.17, 15) is 0 Å². The fourth-order valence-electron chi connectivity index (χ4n) is 2.51. The van der Waals surface area contributed by atoms with Crippen molar-refractivity contribution in [2.45, 2.75) is 71.8 Å². The minimum atomic E-state index is 1.03. The molecule has 0 fully saturated rings. The summed E-state index contributed by atoms with van der Waals surface area (Å²) in [5, 5.41) is 3.58. The van der Waals surface area contributed by atoms with E-state index in [1.54, 1.807) is 0 Å². The monoisotopic (exact) mass is 261 g/mol. The molecule has 0 unspecified atom stereocenters. The number of benzene rings is 1. The third-order valence-corrected chi connectivity index (χ3v) is 3.77. The van der Waals surface area contributed by atoms with E-state index in [0.717, 1.165) is 19.5 Å². The average Bonchev–Trinajstić information content (AvgIpc) is 2.46. The number of hydrogen-bond donors (Lipinski definition) is 1. The van der Waals surface area contributed by atoms with Gasteiger partial charge >= 0.3 is 0 Å². The lowest BCUT2D eigenvalue weighted by Gasteiger charge is -2.09. The van der Waals surface area contributed by atoms with E-state index in [2.05, 4.69) is 43.4 Å². The lowest BCUT2D eigenvalue weighted by atomic mass is 10.1. The topological polar surface area (TPSA) is 12.0 Å². The highest BCUT2D eigenvalue weighted by Crippen LogP contribution is 2.09.